The summed E-state index contributed by atoms with van der Waals surface area (Å²) in [6.45, 7) is 1.60. The molecule has 0 N–H and O–H groups in total. The van der Waals surface area contributed by atoms with Gasteiger partial charge in [0.15, 0.2) is 11.9 Å². The molecule has 0 radical (unpaired) electrons. The summed E-state index contributed by atoms with van der Waals surface area (Å²) in [5, 5.41) is 10.6. The van der Waals surface area contributed by atoms with Crippen LogP contribution in [0.25, 0.3) is 0 Å². The van der Waals surface area contributed by atoms with Gasteiger partial charge >= 0.3 is 5.97 Å². The van der Waals surface area contributed by atoms with E-state index in [1.165, 1.54) is 12.1 Å². The number of hydrogen-bond donors (Lipinski definition) is 0. The molecule has 6 heteroatoms. The summed E-state index contributed by atoms with van der Waals surface area (Å²) < 4.78 is 4.80. The number of esters is 1. The van der Waals surface area contributed by atoms with Gasteiger partial charge in [0.25, 0.3) is 5.69 Å². The molecule has 1 aliphatic heterocycles. The highest BCUT2D eigenvalue weighted by Crippen LogP contribution is 2.17. The summed E-state index contributed by atoms with van der Waals surface area (Å²) in [5.74, 6) is -0.0700. The molecule has 1 heterocycles. The van der Waals surface area contributed by atoms with E-state index in [4.69, 9.17) is 4.74 Å². The van der Waals surface area contributed by atoms with Gasteiger partial charge in [-0.25, -0.2) is 9.79 Å². The Bertz CT molecular complexity index is 510. The number of ether oxygens (including phenoxy) is 1. The minimum Gasteiger partial charge on any atom is -0.411 e. The summed E-state index contributed by atoms with van der Waals surface area (Å²) in [6, 6.07) is 5.58. The van der Waals surface area contributed by atoms with E-state index >= 15 is 0 Å². The molecule has 0 fully saturated rings. The third-order valence-electron chi connectivity index (χ3n) is 2.41. The van der Waals surface area contributed by atoms with Crippen molar-refractivity contribution in [2.75, 3.05) is 0 Å². The Kier molecular flexibility index (Phi) is 2.86. The molecular formula is C11H10N2O4. The topological polar surface area (TPSA) is 81.8 Å². The number of non-ortho nitro benzene ring substituents is 1. The molecule has 0 aromatic heterocycles. The first-order valence-corrected chi connectivity index (χ1v) is 5.05. The van der Waals surface area contributed by atoms with Crippen molar-refractivity contribution in [3.8, 4) is 0 Å². The van der Waals surface area contributed by atoms with Gasteiger partial charge in [0, 0.05) is 25.5 Å². The second-order valence-corrected chi connectivity index (χ2v) is 3.72. The molecular weight excluding hydrogens is 224 g/mol. The lowest BCUT2D eigenvalue weighted by Gasteiger charge is -2.03. The Morgan fingerprint density at radius 1 is 1.53 bits per heavy atom. The van der Waals surface area contributed by atoms with Crippen molar-refractivity contribution in [3.05, 3.63) is 39.9 Å². The van der Waals surface area contributed by atoms with Gasteiger partial charge in [0.05, 0.1) is 4.92 Å². The van der Waals surface area contributed by atoms with Crippen LogP contribution in [-0.4, -0.2) is 22.8 Å². The van der Waals surface area contributed by atoms with Crippen LogP contribution in [0, 0.1) is 10.1 Å². The number of rotatable bonds is 3. The van der Waals surface area contributed by atoms with E-state index in [1.54, 1.807) is 19.1 Å². The standard InChI is InChI=1S/C11H10N2O4/c1-7-12-10(11(14)17-7)6-8-3-2-4-9(5-8)13(15)16/h2-5,10H,6H2,1H3. The van der Waals surface area contributed by atoms with Crippen LogP contribution in [0.1, 0.15) is 12.5 Å². The van der Waals surface area contributed by atoms with E-state index in [0.717, 1.165) is 0 Å². The van der Waals surface area contributed by atoms with Crippen molar-refractivity contribution in [3.63, 3.8) is 0 Å². The van der Waals surface area contributed by atoms with E-state index in [0.29, 0.717) is 17.9 Å². The van der Waals surface area contributed by atoms with Crippen LogP contribution < -0.4 is 0 Å². The van der Waals surface area contributed by atoms with Crippen LogP contribution in [0.4, 0.5) is 5.69 Å². The number of hydrogen-bond acceptors (Lipinski definition) is 5. The monoisotopic (exact) mass is 234 g/mol. The predicted octanol–water partition coefficient (Wildman–Crippen LogP) is 1.48. The van der Waals surface area contributed by atoms with Gasteiger partial charge in [-0.05, 0) is 5.56 Å². The zero-order valence-corrected chi connectivity index (χ0v) is 9.12. The average Bonchev–Trinajstić information content (AvgIpc) is 2.58. The van der Waals surface area contributed by atoms with Crippen molar-refractivity contribution in [2.45, 2.75) is 19.4 Å². The number of carbonyl (C=O) groups is 1. The van der Waals surface area contributed by atoms with Gasteiger partial charge in [-0.1, -0.05) is 12.1 Å². The SMILES string of the molecule is CC1=NC(Cc2cccc([N+](=O)[O-])c2)C(=O)O1. The molecule has 0 spiro atoms. The lowest BCUT2D eigenvalue weighted by atomic mass is 10.1. The number of carbonyl (C=O) groups excluding carboxylic acids is 1. The molecule has 1 aromatic rings. The van der Waals surface area contributed by atoms with E-state index in [1.807, 2.05) is 0 Å². The van der Waals surface area contributed by atoms with Crippen molar-refractivity contribution >= 4 is 17.6 Å². The number of nitro benzene ring substituents is 1. The number of nitro groups is 1. The van der Waals surface area contributed by atoms with Crippen LogP contribution in [0.3, 0.4) is 0 Å². The van der Waals surface area contributed by atoms with Gasteiger partial charge in [-0.2, -0.15) is 0 Å². The molecule has 1 aromatic carbocycles. The first-order valence-electron chi connectivity index (χ1n) is 5.05. The minimum absolute atomic E-state index is 0.00886. The molecule has 1 atom stereocenters. The minimum atomic E-state index is -0.586. The van der Waals surface area contributed by atoms with Crippen molar-refractivity contribution in [2.24, 2.45) is 4.99 Å². The Balaban J connectivity index is 2.16. The smallest absolute Gasteiger partial charge is 0.337 e. The lowest BCUT2D eigenvalue weighted by molar-refractivity contribution is -0.384. The van der Waals surface area contributed by atoms with Crippen LogP contribution in [0.2, 0.25) is 0 Å². The maximum absolute atomic E-state index is 11.3. The molecule has 88 valence electrons. The number of benzene rings is 1. The van der Waals surface area contributed by atoms with Gasteiger partial charge in [-0.15, -0.1) is 0 Å². The van der Waals surface area contributed by atoms with Crippen molar-refractivity contribution in [1.82, 2.24) is 0 Å². The molecule has 0 aliphatic carbocycles. The number of nitrogens with zero attached hydrogens (tertiary/aromatic N) is 2. The highest BCUT2D eigenvalue weighted by Gasteiger charge is 2.27. The van der Waals surface area contributed by atoms with Crippen molar-refractivity contribution in [1.29, 1.82) is 0 Å². The lowest BCUT2D eigenvalue weighted by Crippen LogP contribution is -2.17. The summed E-state index contributed by atoms with van der Waals surface area (Å²) >= 11 is 0. The van der Waals surface area contributed by atoms with E-state index in [2.05, 4.69) is 4.99 Å². The molecule has 0 saturated heterocycles. The maximum Gasteiger partial charge on any atom is 0.337 e. The zero-order chi connectivity index (χ0) is 12.4. The first-order chi connectivity index (χ1) is 8.06. The Morgan fingerprint density at radius 3 is 2.88 bits per heavy atom. The fourth-order valence-corrected chi connectivity index (χ4v) is 1.66. The van der Waals surface area contributed by atoms with Crippen LogP contribution >= 0.6 is 0 Å². The highest BCUT2D eigenvalue weighted by atomic mass is 16.6. The molecule has 2 rings (SSSR count). The molecule has 0 bridgehead atoms. The second-order valence-electron chi connectivity index (χ2n) is 3.72. The largest absolute Gasteiger partial charge is 0.411 e. The Morgan fingerprint density at radius 2 is 2.29 bits per heavy atom. The fraction of sp³-hybridized carbons (Fsp3) is 0.273. The van der Waals surface area contributed by atoms with Gasteiger partial charge in [0.2, 0.25) is 0 Å². The molecule has 17 heavy (non-hydrogen) atoms. The van der Waals surface area contributed by atoms with E-state index in [-0.39, 0.29) is 5.69 Å². The van der Waals surface area contributed by atoms with E-state index < -0.39 is 16.9 Å². The number of cyclic esters (lactones) is 1. The molecule has 0 saturated carbocycles. The summed E-state index contributed by atoms with van der Waals surface area (Å²) in [5.41, 5.74) is 0.703. The fourth-order valence-electron chi connectivity index (χ4n) is 1.66. The Labute approximate surface area is 97.1 Å². The van der Waals surface area contributed by atoms with Crippen LogP contribution in [0.15, 0.2) is 29.3 Å². The van der Waals surface area contributed by atoms with Gasteiger partial charge < -0.3 is 4.74 Å². The predicted molar refractivity (Wildman–Crippen MR) is 59.8 cm³/mol. The summed E-state index contributed by atoms with van der Waals surface area (Å²) in [7, 11) is 0. The Hall–Kier alpha value is -2.24. The summed E-state index contributed by atoms with van der Waals surface area (Å²) in [6.07, 6.45) is 0.317. The normalized spacial score (nSPS) is 18.8. The zero-order valence-electron chi connectivity index (χ0n) is 9.12. The molecule has 1 unspecified atom stereocenters. The number of aliphatic imine (C=N–C) groups is 1. The quantitative estimate of drug-likeness (QED) is 0.450. The molecule has 0 amide bonds. The molecule has 1 aliphatic rings. The maximum atomic E-state index is 11.3. The second kappa shape index (κ2) is 4.32. The first kappa shape index (κ1) is 11.3. The van der Waals surface area contributed by atoms with Crippen LogP contribution in [-0.2, 0) is 16.0 Å². The average molecular weight is 234 g/mol. The van der Waals surface area contributed by atoms with Crippen LogP contribution in [0.5, 0.6) is 0 Å². The molecule has 6 nitrogen and oxygen atoms in total. The van der Waals surface area contributed by atoms with Gasteiger partial charge in [0.1, 0.15) is 0 Å². The van der Waals surface area contributed by atoms with Crippen molar-refractivity contribution < 1.29 is 14.5 Å². The third kappa shape index (κ3) is 2.47. The third-order valence-corrected chi connectivity index (χ3v) is 2.41. The summed E-state index contributed by atoms with van der Waals surface area (Å²) in [4.78, 5) is 25.5. The van der Waals surface area contributed by atoms with Gasteiger partial charge in [-0.3, -0.25) is 10.1 Å². The highest BCUT2D eigenvalue weighted by molar-refractivity contribution is 5.96. The van der Waals surface area contributed by atoms with E-state index in [9.17, 15) is 14.9 Å².